The monoisotopic (exact) mass is 394 g/mol. The molecule has 0 aliphatic heterocycles. The number of carbonyl (C=O) groups is 2. The average Bonchev–Trinajstić information content (AvgIpc) is 2.56. The van der Waals surface area contributed by atoms with Gasteiger partial charge in [0.05, 0.1) is 6.61 Å². The predicted octanol–water partition coefficient (Wildman–Crippen LogP) is 4.89. The van der Waals surface area contributed by atoms with Gasteiger partial charge in [0.15, 0.2) is 17.3 Å². The Morgan fingerprint density at radius 3 is 2.50 bits per heavy atom. The number of ketones is 1. The molecule has 126 valence electrons. The molecule has 0 radical (unpaired) electrons. The molecule has 6 heteroatoms. The van der Waals surface area contributed by atoms with Crippen molar-refractivity contribution in [2.45, 2.75) is 19.2 Å². The third-order valence-electron chi connectivity index (χ3n) is 3.29. The molecule has 0 aliphatic rings. The normalized spacial score (nSPS) is 10.3. The first kappa shape index (κ1) is 18.1. The summed E-state index contributed by atoms with van der Waals surface area (Å²) in [5.74, 6) is -1.34. The van der Waals surface area contributed by atoms with Crippen LogP contribution in [0.3, 0.4) is 0 Å². The number of hydrogen-bond donors (Lipinski definition) is 0. The number of benzene rings is 2. The zero-order valence-electron chi connectivity index (χ0n) is 13.3. The molecule has 0 amide bonds. The van der Waals surface area contributed by atoms with Gasteiger partial charge in [-0.3, -0.25) is 4.79 Å². The molecule has 0 aliphatic carbocycles. The van der Waals surface area contributed by atoms with E-state index in [1.54, 1.807) is 25.1 Å². The summed E-state index contributed by atoms with van der Waals surface area (Å²) in [6.45, 7) is 3.28. The number of hydrogen-bond acceptors (Lipinski definition) is 4. The Hall–Kier alpha value is -2.21. The van der Waals surface area contributed by atoms with Crippen molar-refractivity contribution in [3.63, 3.8) is 0 Å². The van der Waals surface area contributed by atoms with Crippen molar-refractivity contribution >= 4 is 27.7 Å². The van der Waals surface area contributed by atoms with Crippen LogP contribution in [0.2, 0.25) is 0 Å². The van der Waals surface area contributed by atoms with Crippen molar-refractivity contribution in [2.24, 2.45) is 0 Å². The molecule has 24 heavy (non-hydrogen) atoms. The van der Waals surface area contributed by atoms with Gasteiger partial charge in [-0.2, -0.15) is 0 Å². The van der Waals surface area contributed by atoms with E-state index in [1.165, 1.54) is 19.1 Å². The summed E-state index contributed by atoms with van der Waals surface area (Å²) in [6.07, 6.45) is 0. The van der Waals surface area contributed by atoms with Crippen LogP contribution in [-0.4, -0.2) is 18.4 Å². The maximum atomic E-state index is 14.2. The summed E-state index contributed by atoms with van der Waals surface area (Å²) in [4.78, 5) is 23.5. The molecule has 2 rings (SSSR count). The molecule has 0 aromatic heterocycles. The summed E-state index contributed by atoms with van der Waals surface area (Å²) in [5.41, 5.74) is 1.16. The van der Waals surface area contributed by atoms with E-state index in [0.29, 0.717) is 10.9 Å². The zero-order valence-corrected chi connectivity index (χ0v) is 14.9. The van der Waals surface area contributed by atoms with E-state index in [-0.39, 0.29) is 35.0 Å². The summed E-state index contributed by atoms with van der Waals surface area (Å²) < 4.78 is 24.8. The smallest absolute Gasteiger partial charge is 0.342 e. The van der Waals surface area contributed by atoms with Gasteiger partial charge >= 0.3 is 5.97 Å². The van der Waals surface area contributed by atoms with E-state index < -0.39 is 11.8 Å². The van der Waals surface area contributed by atoms with Gasteiger partial charge in [0, 0.05) is 10.9 Å². The molecule has 2 aromatic rings. The van der Waals surface area contributed by atoms with E-state index in [4.69, 9.17) is 9.47 Å². The number of carbonyl (C=O) groups excluding carboxylic acids is 2. The van der Waals surface area contributed by atoms with Crippen molar-refractivity contribution in [3.05, 3.63) is 58.9 Å². The van der Waals surface area contributed by atoms with Crippen LogP contribution in [0.15, 0.2) is 36.4 Å². The maximum Gasteiger partial charge on any atom is 0.342 e. The summed E-state index contributed by atoms with van der Waals surface area (Å²) >= 11 is 3.31. The van der Waals surface area contributed by atoms with E-state index >= 15 is 0 Å². The van der Waals surface area contributed by atoms with Crippen LogP contribution in [0, 0.1) is 5.82 Å². The van der Waals surface area contributed by atoms with Crippen molar-refractivity contribution in [3.8, 4) is 11.5 Å². The second-order valence-corrected chi connectivity index (χ2v) is 5.51. The van der Waals surface area contributed by atoms with Crippen molar-refractivity contribution in [1.82, 2.24) is 0 Å². The minimum absolute atomic E-state index is 0.0720. The molecule has 0 spiro atoms. The van der Waals surface area contributed by atoms with Gasteiger partial charge in [0.25, 0.3) is 0 Å². The Morgan fingerprint density at radius 1 is 1.17 bits per heavy atom. The van der Waals surface area contributed by atoms with Gasteiger partial charge in [-0.1, -0.05) is 28.1 Å². The van der Waals surface area contributed by atoms with Crippen LogP contribution in [0.4, 0.5) is 4.39 Å². The summed E-state index contributed by atoms with van der Waals surface area (Å²) in [5, 5.41) is 0.421. The number of alkyl halides is 1. The molecular formula is C18H16BrFO4. The molecule has 0 heterocycles. The number of Topliss-reactive ketones (excluding diaryl/α,β-unsaturated/α-hetero) is 1. The van der Waals surface area contributed by atoms with Crippen LogP contribution in [0.25, 0.3) is 0 Å². The largest absolute Gasteiger partial charge is 0.462 e. The molecular weight excluding hydrogens is 379 g/mol. The lowest BCUT2D eigenvalue weighted by Crippen LogP contribution is -2.09. The lowest BCUT2D eigenvalue weighted by Gasteiger charge is -2.14. The number of ether oxygens (including phenoxy) is 2. The first-order valence-electron chi connectivity index (χ1n) is 7.31. The Kier molecular flexibility index (Phi) is 6.09. The highest BCUT2D eigenvalue weighted by atomic mass is 79.9. The fourth-order valence-corrected chi connectivity index (χ4v) is 2.60. The highest BCUT2D eigenvalue weighted by Gasteiger charge is 2.20. The topological polar surface area (TPSA) is 52.6 Å². The standard InChI is InChI=1S/C18H16BrFO4/c1-3-23-18(22)17-13(10-19)5-4-6-16(17)24-15-8-7-12(11(2)21)9-14(15)20/h4-9H,3,10H2,1-2H3. The van der Waals surface area contributed by atoms with Gasteiger partial charge < -0.3 is 9.47 Å². The molecule has 0 unspecified atom stereocenters. The van der Waals surface area contributed by atoms with E-state index in [9.17, 15) is 14.0 Å². The predicted molar refractivity (Wildman–Crippen MR) is 91.5 cm³/mol. The van der Waals surface area contributed by atoms with E-state index in [1.807, 2.05) is 0 Å². The van der Waals surface area contributed by atoms with Gasteiger partial charge in [0.1, 0.15) is 11.3 Å². The molecule has 0 N–H and O–H groups in total. The molecule has 0 atom stereocenters. The minimum atomic E-state index is -0.679. The SMILES string of the molecule is CCOC(=O)c1c(CBr)cccc1Oc1ccc(C(C)=O)cc1F. The second-order valence-electron chi connectivity index (χ2n) is 4.95. The third kappa shape index (κ3) is 4.00. The number of rotatable bonds is 6. The fraction of sp³-hybridized carbons (Fsp3) is 0.222. The van der Waals surface area contributed by atoms with Gasteiger partial charge in [-0.05, 0) is 43.7 Å². The van der Waals surface area contributed by atoms with Crippen LogP contribution in [0.5, 0.6) is 11.5 Å². The van der Waals surface area contributed by atoms with Crippen LogP contribution >= 0.6 is 15.9 Å². The lowest BCUT2D eigenvalue weighted by molar-refractivity contribution is 0.0522. The first-order chi connectivity index (χ1) is 11.5. The van der Waals surface area contributed by atoms with Crippen molar-refractivity contribution in [1.29, 1.82) is 0 Å². The highest BCUT2D eigenvalue weighted by Crippen LogP contribution is 2.31. The quantitative estimate of drug-likeness (QED) is 0.397. The number of halogens is 2. The fourth-order valence-electron chi connectivity index (χ4n) is 2.13. The second kappa shape index (κ2) is 8.06. The van der Waals surface area contributed by atoms with Gasteiger partial charge in [-0.25, -0.2) is 9.18 Å². The average molecular weight is 395 g/mol. The Labute approximate surface area is 147 Å². The van der Waals surface area contributed by atoms with Gasteiger partial charge in [-0.15, -0.1) is 0 Å². The zero-order chi connectivity index (χ0) is 17.7. The summed E-state index contributed by atoms with van der Waals surface area (Å²) in [7, 11) is 0. The first-order valence-corrected chi connectivity index (χ1v) is 8.43. The van der Waals surface area contributed by atoms with Crippen LogP contribution in [-0.2, 0) is 10.1 Å². The molecule has 0 saturated carbocycles. The van der Waals surface area contributed by atoms with Gasteiger partial charge in [0.2, 0.25) is 0 Å². The highest BCUT2D eigenvalue weighted by molar-refractivity contribution is 9.08. The molecule has 4 nitrogen and oxygen atoms in total. The van der Waals surface area contributed by atoms with Crippen molar-refractivity contribution < 1.29 is 23.5 Å². The maximum absolute atomic E-state index is 14.2. The number of esters is 1. The van der Waals surface area contributed by atoms with E-state index in [0.717, 1.165) is 6.07 Å². The molecule has 2 aromatic carbocycles. The van der Waals surface area contributed by atoms with Crippen molar-refractivity contribution in [2.75, 3.05) is 6.61 Å². The minimum Gasteiger partial charge on any atom is -0.462 e. The van der Waals surface area contributed by atoms with Crippen LogP contribution in [0.1, 0.15) is 40.1 Å². The molecule has 0 bridgehead atoms. The third-order valence-corrected chi connectivity index (χ3v) is 3.90. The van der Waals surface area contributed by atoms with Crippen LogP contribution < -0.4 is 4.74 Å². The Bertz CT molecular complexity index is 774. The summed E-state index contributed by atoms with van der Waals surface area (Å²) in [6, 6.07) is 8.97. The Morgan fingerprint density at radius 2 is 1.92 bits per heavy atom. The molecule has 0 fully saturated rings. The van der Waals surface area contributed by atoms with E-state index in [2.05, 4.69) is 15.9 Å². The molecule has 0 saturated heterocycles. The Balaban J connectivity index is 2.43. The lowest BCUT2D eigenvalue weighted by atomic mass is 10.1.